The summed E-state index contributed by atoms with van der Waals surface area (Å²) >= 11 is 1.22. The van der Waals surface area contributed by atoms with E-state index >= 15 is 0 Å². The van der Waals surface area contributed by atoms with E-state index in [9.17, 15) is 24.0 Å². The molecule has 1 saturated heterocycles. The second kappa shape index (κ2) is 11.3. The lowest BCUT2D eigenvalue weighted by Gasteiger charge is -2.30. The number of primary amides is 2. The van der Waals surface area contributed by atoms with Gasteiger partial charge in [-0.2, -0.15) is 0 Å². The first kappa shape index (κ1) is 26.3. The SMILES string of the molecule is CCCC(=O)C(C)(C)N[C@H](CSC1CC(=O)N(CC2CCC(C(N)=O)CC2)C1=O)C(N)=O. The molecule has 180 valence electrons. The Morgan fingerprint density at radius 3 is 2.31 bits per heavy atom. The van der Waals surface area contributed by atoms with Gasteiger partial charge in [0.05, 0.1) is 16.8 Å². The lowest BCUT2D eigenvalue weighted by molar-refractivity contribution is -0.139. The first-order valence-electron chi connectivity index (χ1n) is 11.3. The number of likely N-dealkylation sites (tertiary alicyclic amines) is 1. The van der Waals surface area contributed by atoms with Crippen molar-refractivity contribution in [2.75, 3.05) is 12.3 Å². The van der Waals surface area contributed by atoms with Gasteiger partial charge in [0.15, 0.2) is 5.78 Å². The van der Waals surface area contributed by atoms with Gasteiger partial charge in [-0.25, -0.2) is 0 Å². The van der Waals surface area contributed by atoms with Crippen molar-refractivity contribution >= 4 is 41.2 Å². The van der Waals surface area contributed by atoms with E-state index in [2.05, 4.69) is 5.32 Å². The van der Waals surface area contributed by atoms with Gasteiger partial charge in [-0.3, -0.25) is 34.2 Å². The molecular weight excluding hydrogens is 432 g/mol. The van der Waals surface area contributed by atoms with E-state index in [1.807, 2.05) is 6.92 Å². The molecule has 0 bridgehead atoms. The normalized spacial score (nSPS) is 25.1. The van der Waals surface area contributed by atoms with Crippen LogP contribution in [0.2, 0.25) is 0 Å². The van der Waals surface area contributed by atoms with Crippen LogP contribution in [0.25, 0.3) is 0 Å². The number of carbonyl (C=O) groups is 5. The molecule has 2 fully saturated rings. The van der Waals surface area contributed by atoms with E-state index < -0.39 is 22.7 Å². The molecule has 0 aromatic rings. The number of hydrogen-bond acceptors (Lipinski definition) is 7. The van der Waals surface area contributed by atoms with E-state index in [0.717, 1.165) is 12.8 Å². The number of nitrogens with zero attached hydrogens (tertiary/aromatic N) is 1. The van der Waals surface area contributed by atoms with Crippen LogP contribution in [0.4, 0.5) is 0 Å². The largest absolute Gasteiger partial charge is 0.369 e. The van der Waals surface area contributed by atoms with E-state index in [1.54, 1.807) is 13.8 Å². The predicted molar refractivity (Wildman–Crippen MR) is 122 cm³/mol. The Kier molecular flexibility index (Phi) is 9.27. The molecule has 32 heavy (non-hydrogen) atoms. The number of carbonyl (C=O) groups excluding carboxylic acids is 5. The lowest BCUT2D eigenvalue weighted by atomic mass is 9.81. The van der Waals surface area contributed by atoms with Crippen molar-refractivity contribution in [2.45, 2.75) is 82.5 Å². The molecule has 1 aliphatic heterocycles. The summed E-state index contributed by atoms with van der Waals surface area (Å²) in [6, 6.07) is -0.795. The van der Waals surface area contributed by atoms with E-state index in [0.29, 0.717) is 32.2 Å². The number of nitrogens with two attached hydrogens (primary N) is 2. The second-order valence-electron chi connectivity index (χ2n) is 9.39. The van der Waals surface area contributed by atoms with Crippen molar-refractivity contribution in [3.63, 3.8) is 0 Å². The van der Waals surface area contributed by atoms with Crippen LogP contribution >= 0.6 is 11.8 Å². The van der Waals surface area contributed by atoms with E-state index in [1.165, 1.54) is 16.7 Å². The van der Waals surface area contributed by atoms with Gasteiger partial charge in [0.2, 0.25) is 23.6 Å². The highest BCUT2D eigenvalue weighted by atomic mass is 32.2. The van der Waals surface area contributed by atoms with Crippen LogP contribution in [-0.2, 0) is 24.0 Å². The highest BCUT2D eigenvalue weighted by Crippen LogP contribution is 2.32. The standard InChI is InChI=1S/C22H36N4O5S/c1-4-5-17(27)22(2,3)25-15(20(24)30)12-32-16-10-18(28)26(21(16)31)11-13-6-8-14(9-7-13)19(23)29/h13-16,25H,4-12H2,1-3H3,(H2,23,29)(H2,24,30)/t13?,14?,15-,16?/m1/s1. The third-order valence-corrected chi connectivity index (χ3v) is 7.71. The fraction of sp³-hybridized carbons (Fsp3) is 0.773. The molecule has 0 aromatic carbocycles. The molecule has 1 heterocycles. The highest BCUT2D eigenvalue weighted by molar-refractivity contribution is 8.00. The third-order valence-electron chi connectivity index (χ3n) is 6.41. The van der Waals surface area contributed by atoms with Crippen molar-refractivity contribution < 1.29 is 24.0 Å². The molecule has 2 rings (SSSR count). The Labute approximate surface area is 193 Å². The van der Waals surface area contributed by atoms with Crippen LogP contribution in [0.5, 0.6) is 0 Å². The van der Waals surface area contributed by atoms with Crippen molar-refractivity contribution in [2.24, 2.45) is 23.3 Å². The Morgan fingerprint density at radius 1 is 1.16 bits per heavy atom. The number of hydrogen-bond donors (Lipinski definition) is 3. The zero-order valence-corrected chi connectivity index (χ0v) is 20.0. The maximum atomic E-state index is 12.8. The summed E-state index contributed by atoms with van der Waals surface area (Å²) in [5, 5.41) is 2.46. The quantitative estimate of drug-likeness (QED) is 0.357. The molecule has 1 saturated carbocycles. The zero-order valence-electron chi connectivity index (χ0n) is 19.2. The maximum Gasteiger partial charge on any atom is 0.242 e. The third kappa shape index (κ3) is 6.78. The molecule has 0 radical (unpaired) electrons. The Balaban J connectivity index is 1.90. The van der Waals surface area contributed by atoms with Gasteiger partial charge >= 0.3 is 0 Å². The fourth-order valence-electron chi connectivity index (χ4n) is 4.33. The molecule has 1 unspecified atom stereocenters. The van der Waals surface area contributed by atoms with Crippen LogP contribution in [0.15, 0.2) is 0 Å². The first-order valence-corrected chi connectivity index (χ1v) is 12.4. The van der Waals surface area contributed by atoms with Gasteiger partial charge in [0.25, 0.3) is 0 Å². The lowest BCUT2D eigenvalue weighted by Crippen LogP contribution is -2.56. The number of thioether (sulfide) groups is 1. The van der Waals surface area contributed by atoms with Gasteiger partial charge < -0.3 is 11.5 Å². The minimum atomic E-state index is -0.915. The highest BCUT2D eigenvalue weighted by Gasteiger charge is 2.41. The molecule has 0 spiro atoms. The van der Waals surface area contributed by atoms with E-state index in [4.69, 9.17) is 11.5 Å². The number of amides is 4. The van der Waals surface area contributed by atoms with Crippen LogP contribution in [-0.4, -0.2) is 63.4 Å². The Bertz CT molecular complexity index is 749. The van der Waals surface area contributed by atoms with Crippen molar-refractivity contribution in [1.82, 2.24) is 10.2 Å². The van der Waals surface area contributed by atoms with Crippen molar-refractivity contribution in [3.8, 4) is 0 Å². The summed E-state index contributed by atoms with van der Waals surface area (Å²) in [5.41, 5.74) is 9.98. The fourth-order valence-corrected chi connectivity index (χ4v) is 5.53. The van der Waals surface area contributed by atoms with Crippen molar-refractivity contribution in [1.29, 1.82) is 0 Å². The van der Waals surface area contributed by atoms with E-state index in [-0.39, 0.29) is 47.5 Å². The van der Waals surface area contributed by atoms with Crippen LogP contribution < -0.4 is 16.8 Å². The predicted octanol–water partition coefficient (Wildman–Crippen LogP) is 0.730. The Morgan fingerprint density at radius 2 is 1.78 bits per heavy atom. The van der Waals surface area contributed by atoms with Gasteiger partial charge in [-0.15, -0.1) is 11.8 Å². The first-order chi connectivity index (χ1) is 15.0. The van der Waals surface area contributed by atoms with Gasteiger partial charge in [-0.05, 0) is 51.9 Å². The minimum Gasteiger partial charge on any atom is -0.369 e. The summed E-state index contributed by atoms with van der Waals surface area (Å²) in [6.45, 7) is 5.69. The summed E-state index contributed by atoms with van der Waals surface area (Å²) in [5.74, 6) is -1.12. The monoisotopic (exact) mass is 468 g/mol. The maximum absolute atomic E-state index is 12.8. The minimum absolute atomic E-state index is 0.0133. The zero-order chi connectivity index (χ0) is 24.1. The Hall–Kier alpha value is -1.94. The summed E-state index contributed by atoms with van der Waals surface area (Å²) < 4.78 is 0. The molecule has 5 N–H and O–H groups in total. The van der Waals surface area contributed by atoms with Crippen LogP contribution in [0, 0.1) is 11.8 Å². The molecule has 9 nitrogen and oxygen atoms in total. The summed E-state index contributed by atoms with van der Waals surface area (Å²) in [6.07, 6.45) is 4.08. The number of Topliss-reactive ketones (excluding diaryl/α,β-unsaturated/α-hetero) is 1. The smallest absolute Gasteiger partial charge is 0.242 e. The molecular formula is C22H36N4O5S. The summed E-state index contributed by atoms with van der Waals surface area (Å²) in [4.78, 5) is 62.2. The molecule has 4 amide bonds. The van der Waals surface area contributed by atoms with Gasteiger partial charge in [0.1, 0.15) is 0 Å². The topological polar surface area (TPSA) is 153 Å². The number of rotatable bonds is 12. The average Bonchev–Trinajstić information content (AvgIpc) is 2.99. The summed E-state index contributed by atoms with van der Waals surface area (Å²) in [7, 11) is 0. The second-order valence-corrected chi connectivity index (χ2v) is 10.6. The molecule has 10 heteroatoms. The number of nitrogens with one attached hydrogen (secondary N) is 1. The number of imide groups is 1. The molecule has 1 aliphatic carbocycles. The van der Waals surface area contributed by atoms with Gasteiger partial charge in [-0.1, -0.05) is 6.92 Å². The van der Waals surface area contributed by atoms with Crippen LogP contribution in [0.3, 0.4) is 0 Å². The molecule has 2 aliphatic rings. The average molecular weight is 469 g/mol. The molecule has 2 atom stereocenters. The molecule has 0 aromatic heterocycles. The van der Waals surface area contributed by atoms with Crippen molar-refractivity contribution in [3.05, 3.63) is 0 Å². The van der Waals surface area contributed by atoms with Crippen LogP contribution in [0.1, 0.15) is 65.7 Å². The van der Waals surface area contributed by atoms with Gasteiger partial charge in [0, 0.05) is 31.1 Å². The number of ketones is 1.